The van der Waals surface area contributed by atoms with Gasteiger partial charge in [0.2, 0.25) is 5.82 Å². The van der Waals surface area contributed by atoms with Gasteiger partial charge < -0.3 is 9.47 Å². The van der Waals surface area contributed by atoms with Crippen LogP contribution in [0.25, 0.3) is 0 Å². The first kappa shape index (κ1) is 17.0. The average molecular weight is 303 g/mol. The lowest BCUT2D eigenvalue weighted by molar-refractivity contribution is -0.387. The molecule has 0 atom stereocenters. The highest BCUT2D eigenvalue weighted by Gasteiger charge is 2.27. The highest BCUT2D eigenvalue weighted by molar-refractivity contribution is 5.90. The molecule has 116 valence electrons. The topological polar surface area (TPSA) is 78.7 Å². The highest BCUT2D eigenvalue weighted by atomic mass is 19.1. The highest BCUT2D eigenvalue weighted by Crippen LogP contribution is 2.24. The summed E-state index contributed by atoms with van der Waals surface area (Å²) >= 11 is 0. The van der Waals surface area contributed by atoms with Crippen molar-refractivity contribution in [3.05, 3.63) is 39.4 Å². The third-order valence-corrected chi connectivity index (χ3v) is 2.96. The van der Waals surface area contributed by atoms with Gasteiger partial charge in [0, 0.05) is 19.6 Å². The molecule has 1 aromatic rings. The Kier molecular flexibility index (Phi) is 5.31. The summed E-state index contributed by atoms with van der Waals surface area (Å²) in [5.41, 5.74) is -2.62. The summed E-state index contributed by atoms with van der Waals surface area (Å²) in [6, 6.07) is 1.30. The van der Waals surface area contributed by atoms with E-state index in [0.29, 0.717) is 18.6 Å². The normalized spacial score (nSPS) is 11.3. The van der Waals surface area contributed by atoms with Crippen molar-refractivity contribution >= 4 is 11.7 Å². The van der Waals surface area contributed by atoms with Crippen LogP contribution in [0, 0.1) is 21.7 Å². The summed E-state index contributed by atoms with van der Waals surface area (Å²) in [4.78, 5) is 21.2. The van der Waals surface area contributed by atoms with Crippen LogP contribution >= 0.6 is 0 Å². The zero-order chi connectivity index (χ0) is 16.2. The second kappa shape index (κ2) is 6.57. The van der Waals surface area contributed by atoms with Gasteiger partial charge in [0.1, 0.15) is 11.4 Å². The van der Waals surface area contributed by atoms with E-state index in [2.05, 4.69) is 0 Å². The lowest BCUT2D eigenvalue weighted by atomic mass is 10.1. The molecule has 0 amide bonds. The maximum Gasteiger partial charge on any atom is 0.344 e. The molecule has 0 bridgehead atoms. The molecule has 0 heterocycles. The molecule has 0 unspecified atom stereocenters. The lowest BCUT2D eigenvalue weighted by Crippen LogP contribution is -2.25. The summed E-state index contributed by atoms with van der Waals surface area (Å²) in [7, 11) is 1.47. The fraction of sp³-hybridized carbons (Fsp3) is 0.462. The molecule has 21 heavy (non-hydrogen) atoms. The Balaban J connectivity index is 2.88. The molecule has 6 nitrogen and oxygen atoms in total. The van der Waals surface area contributed by atoms with E-state index in [1.54, 1.807) is 13.8 Å². The Labute approximate surface area is 119 Å². The maximum absolute atomic E-state index is 13.8. The number of nitro groups is 1. The standard InChI is InChI=1S/C13H15F2NO5/c1-13(2,20-3)6-7-21-12(17)10-8(14)4-5-9(11(10)15)16(18)19/h4-5H,6-7H2,1-3H3. The lowest BCUT2D eigenvalue weighted by Gasteiger charge is -2.22. The Bertz CT molecular complexity index is 560. The van der Waals surface area contributed by atoms with Gasteiger partial charge in [-0.3, -0.25) is 10.1 Å². The van der Waals surface area contributed by atoms with E-state index in [9.17, 15) is 23.7 Å². The van der Waals surface area contributed by atoms with Crippen LogP contribution in [0.4, 0.5) is 14.5 Å². The number of esters is 1. The summed E-state index contributed by atoms with van der Waals surface area (Å²) in [6.07, 6.45) is 0.299. The molecule has 0 aliphatic heterocycles. The molecule has 0 aliphatic rings. The number of ether oxygens (including phenoxy) is 2. The van der Waals surface area contributed by atoms with Crippen molar-refractivity contribution in [2.75, 3.05) is 13.7 Å². The summed E-state index contributed by atoms with van der Waals surface area (Å²) in [5, 5.41) is 10.6. The van der Waals surface area contributed by atoms with E-state index in [0.717, 1.165) is 0 Å². The van der Waals surface area contributed by atoms with Gasteiger partial charge in [-0.15, -0.1) is 0 Å². The first-order valence-corrected chi connectivity index (χ1v) is 6.04. The predicted molar refractivity (Wildman–Crippen MR) is 69.0 cm³/mol. The Hall–Kier alpha value is -2.09. The summed E-state index contributed by atoms with van der Waals surface area (Å²) < 4.78 is 37.1. The number of halogens is 2. The Morgan fingerprint density at radius 2 is 2.00 bits per heavy atom. The fourth-order valence-corrected chi connectivity index (χ4v) is 1.43. The molecule has 0 N–H and O–H groups in total. The summed E-state index contributed by atoms with van der Waals surface area (Å²) in [5.74, 6) is -4.05. The van der Waals surface area contributed by atoms with Crippen molar-refractivity contribution in [1.82, 2.24) is 0 Å². The van der Waals surface area contributed by atoms with E-state index in [1.807, 2.05) is 0 Å². The van der Waals surface area contributed by atoms with Gasteiger partial charge in [0.15, 0.2) is 0 Å². The van der Waals surface area contributed by atoms with Crippen molar-refractivity contribution < 1.29 is 28.0 Å². The van der Waals surface area contributed by atoms with Crippen molar-refractivity contribution in [2.45, 2.75) is 25.9 Å². The van der Waals surface area contributed by atoms with E-state index >= 15 is 0 Å². The first-order chi connectivity index (χ1) is 9.69. The zero-order valence-electron chi connectivity index (χ0n) is 11.8. The van der Waals surface area contributed by atoms with Crippen molar-refractivity contribution in [3.8, 4) is 0 Å². The van der Waals surface area contributed by atoms with Gasteiger partial charge in [0.05, 0.1) is 17.1 Å². The number of carbonyl (C=O) groups excluding carboxylic acids is 1. The van der Waals surface area contributed by atoms with Crippen LogP contribution in [0.15, 0.2) is 12.1 Å². The smallest absolute Gasteiger partial charge is 0.344 e. The number of hydrogen-bond donors (Lipinski definition) is 0. The van der Waals surface area contributed by atoms with E-state index in [4.69, 9.17) is 9.47 Å². The predicted octanol–water partition coefficient (Wildman–Crippen LogP) is 2.84. The zero-order valence-corrected chi connectivity index (χ0v) is 11.8. The van der Waals surface area contributed by atoms with Gasteiger partial charge in [-0.25, -0.2) is 9.18 Å². The number of hydrogen-bond acceptors (Lipinski definition) is 5. The van der Waals surface area contributed by atoms with Crippen molar-refractivity contribution in [3.63, 3.8) is 0 Å². The van der Waals surface area contributed by atoms with Crippen LogP contribution < -0.4 is 0 Å². The first-order valence-electron chi connectivity index (χ1n) is 6.04. The Morgan fingerprint density at radius 1 is 1.38 bits per heavy atom. The molecule has 8 heteroatoms. The molecule has 0 fully saturated rings. The third-order valence-electron chi connectivity index (χ3n) is 2.96. The molecule has 0 aliphatic carbocycles. The van der Waals surface area contributed by atoms with Crippen LogP contribution in [0.3, 0.4) is 0 Å². The van der Waals surface area contributed by atoms with Crippen LogP contribution in [-0.2, 0) is 9.47 Å². The molecular formula is C13H15F2NO5. The third kappa shape index (κ3) is 4.19. The average Bonchev–Trinajstić information content (AvgIpc) is 2.38. The van der Waals surface area contributed by atoms with Crippen LogP contribution in [0.5, 0.6) is 0 Å². The number of methoxy groups -OCH3 is 1. The maximum atomic E-state index is 13.8. The molecule has 1 aromatic carbocycles. The minimum Gasteiger partial charge on any atom is -0.462 e. The largest absolute Gasteiger partial charge is 0.462 e. The number of benzene rings is 1. The van der Waals surface area contributed by atoms with Gasteiger partial charge in [-0.1, -0.05) is 0 Å². The molecule has 0 saturated carbocycles. The van der Waals surface area contributed by atoms with Gasteiger partial charge in [-0.2, -0.15) is 4.39 Å². The summed E-state index contributed by atoms with van der Waals surface area (Å²) in [6.45, 7) is 3.35. The molecule has 0 radical (unpaired) electrons. The van der Waals surface area contributed by atoms with Crippen LogP contribution in [0.1, 0.15) is 30.6 Å². The fourth-order valence-electron chi connectivity index (χ4n) is 1.43. The second-order valence-corrected chi connectivity index (χ2v) is 4.86. The molecule has 0 saturated heterocycles. The SMILES string of the molecule is COC(C)(C)CCOC(=O)c1c(F)ccc([N+](=O)[O-])c1F. The number of rotatable bonds is 6. The minimum atomic E-state index is -1.55. The van der Waals surface area contributed by atoms with Gasteiger partial charge in [-0.05, 0) is 19.9 Å². The van der Waals surface area contributed by atoms with E-state index in [-0.39, 0.29) is 6.61 Å². The molecule has 0 spiro atoms. The van der Waals surface area contributed by atoms with E-state index < -0.39 is 39.4 Å². The molecule has 0 aromatic heterocycles. The number of nitro benzene ring substituents is 1. The van der Waals surface area contributed by atoms with Gasteiger partial charge in [0.25, 0.3) is 0 Å². The Morgan fingerprint density at radius 3 is 2.52 bits per heavy atom. The number of carbonyl (C=O) groups is 1. The van der Waals surface area contributed by atoms with Crippen molar-refractivity contribution in [1.29, 1.82) is 0 Å². The van der Waals surface area contributed by atoms with Gasteiger partial charge >= 0.3 is 11.7 Å². The molecular weight excluding hydrogens is 288 g/mol. The minimum absolute atomic E-state index is 0.138. The monoisotopic (exact) mass is 303 g/mol. The van der Waals surface area contributed by atoms with E-state index in [1.165, 1.54) is 7.11 Å². The quantitative estimate of drug-likeness (QED) is 0.458. The second-order valence-electron chi connectivity index (χ2n) is 4.86. The van der Waals surface area contributed by atoms with Crippen molar-refractivity contribution in [2.24, 2.45) is 0 Å². The van der Waals surface area contributed by atoms with Crippen LogP contribution in [-0.4, -0.2) is 30.2 Å². The molecule has 1 rings (SSSR count). The van der Waals surface area contributed by atoms with Crippen LogP contribution in [0.2, 0.25) is 0 Å². The number of nitrogens with zero attached hydrogens (tertiary/aromatic N) is 1.